The van der Waals surface area contributed by atoms with E-state index in [2.05, 4.69) is 10.6 Å². The molecule has 0 aliphatic carbocycles. The molecule has 11 heteroatoms. The summed E-state index contributed by atoms with van der Waals surface area (Å²) in [5.74, 6) is -1.21. The fourth-order valence-electron chi connectivity index (χ4n) is 2.51. The predicted molar refractivity (Wildman–Crippen MR) is 115 cm³/mol. The average Bonchev–Trinajstić information content (AvgIpc) is 2.72. The fourth-order valence-corrected chi connectivity index (χ4v) is 3.25. The topological polar surface area (TPSA) is 137 Å². The van der Waals surface area contributed by atoms with E-state index in [1.165, 1.54) is 44.6 Å². The van der Waals surface area contributed by atoms with Crippen LogP contribution in [0.3, 0.4) is 0 Å². The van der Waals surface area contributed by atoms with Crippen LogP contribution in [0.25, 0.3) is 0 Å². The molecule has 0 radical (unpaired) electrons. The summed E-state index contributed by atoms with van der Waals surface area (Å²) in [4.78, 5) is 23.7. The number of hydrogen-bond acceptors (Lipinski definition) is 7. The van der Waals surface area contributed by atoms with Gasteiger partial charge >= 0.3 is 11.9 Å². The molecular weight excluding hydrogens is 430 g/mol. The minimum absolute atomic E-state index is 0.0447. The number of esters is 2. The highest BCUT2D eigenvalue weighted by molar-refractivity contribution is 7.89. The summed E-state index contributed by atoms with van der Waals surface area (Å²) in [6.45, 7) is 0.459. The Morgan fingerprint density at radius 2 is 1.53 bits per heavy atom. The number of benzene rings is 2. The van der Waals surface area contributed by atoms with E-state index in [0.29, 0.717) is 18.7 Å². The van der Waals surface area contributed by atoms with Crippen LogP contribution in [0.2, 0.25) is 0 Å². The van der Waals surface area contributed by atoms with Gasteiger partial charge in [0.2, 0.25) is 10.0 Å². The monoisotopic (exact) mass is 451 g/mol. The van der Waals surface area contributed by atoms with Crippen molar-refractivity contribution in [3.8, 4) is 0 Å². The quantitative estimate of drug-likeness (QED) is 0.422. The van der Waals surface area contributed by atoms with Crippen molar-refractivity contribution in [2.24, 2.45) is 5.14 Å². The highest BCUT2D eigenvalue weighted by Crippen LogP contribution is 2.17. The van der Waals surface area contributed by atoms with E-state index in [0.717, 1.165) is 5.56 Å². The van der Waals surface area contributed by atoms with Crippen LogP contribution in [-0.2, 0) is 25.9 Å². The van der Waals surface area contributed by atoms with Crippen molar-refractivity contribution in [1.29, 1.82) is 0 Å². The summed E-state index contributed by atoms with van der Waals surface area (Å²) in [6.07, 6.45) is 0.572. The maximum absolute atomic E-state index is 11.8. The minimum Gasteiger partial charge on any atom is -0.465 e. The van der Waals surface area contributed by atoms with Crippen LogP contribution in [0.1, 0.15) is 26.3 Å². The van der Waals surface area contributed by atoms with Crippen molar-refractivity contribution in [2.75, 3.05) is 26.1 Å². The van der Waals surface area contributed by atoms with Crippen molar-refractivity contribution >= 4 is 45.0 Å². The standard InChI is InChI=1S/C19H21N3O6S2/c1-27-17(23)13-9-14(18(24)28-2)11-15(10-13)22-19(29)21-8-7-12-3-5-16(6-4-12)30(20,25)26/h3-6,9-11H,7-8H2,1-2H3,(H2,20,25,26)(H2,21,22,29). The zero-order chi connectivity index (χ0) is 22.3. The van der Waals surface area contributed by atoms with Gasteiger partial charge in [0, 0.05) is 12.2 Å². The van der Waals surface area contributed by atoms with Gasteiger partial charge < -0.3 is 20.1 Å². The Kier molecular flexibility index (Phi) is 7.86. The van der Waals surface area contributed by atoms with Crippen LogP contribution < -0.4 is 15.8 Å². The van der Waals surface area contributed by atoms with Crippen molar-refractivity contribution in [3.63, 3.8) is 0 Å². The zero-order valence-electron chi connectivity index (χ0n) is 16.3. The first-order valence-electron chi connectivity index (χ1n) is 8.62. The van der Waals surface area contributed by atoms with E-state index in [1.54, 1.807) is 12.1 Å². The van der Waals surface area contributed by atoms with E-state index in [-0.39, 0.29) is 21.1 Å². The number of thiocarbonyl (C=S) groups is 1. The molecule has 0 aromatic heterocycles. The van der Waals surface area contributed by atoms with Gasteiger partial charge in [-0.1, -0.05) is 12.1 Å². The summed E-state index contributed by atoms with van der Waals surface area (Å²) < 4.78 is 31.9. The third kappa shape index (κ3) is 6.51. The highest BCUT2D eigenvalue weighted by Gasteiger charge is 2.14. The molecule has 0 saturated carbocycles. The SMILES string of the molecule is COC(=O)c1cc(NC(=S)NCCc2ccc(S(N)(=O)=O)cc2)cc(C(=O)OC)c1. The van der Waals surface area contributed by atoms with E-state index in [4.69, 9.17) is 26.8 Å². The number of rotatable bonds is 7. The van der Waals surface area contributed by atoms with Crippen LogP contribution >= 0.6 is 12.2 Å². The first-order valence-corrected chi connectivity index (χ1v) is 10.6. The number of carbonyl (C=O) groups excluding carboxylic acids is 2. The molecule has 0 atom stereocenters. The maximum Gasteiger partial charge on any atom is 0.337 e. The molecule has 0 unspecified atom stereocenters. The molecule has 160 valence electrons. The van der Waals surface area contributed by atoms with E-state index >= 15 is 0 Å². The van der Waals surface area contributed by atoms with E-state index in [9.17, 15) is 18.0 Å². The zero-order valence-corrected chi connectivity index (χ0v) is 17.9. The van der Waals surface area contributed by atoms with Crippen LogP contribution in [0.4, 0.5) is 5.69 Å². The first kappa shape index (κ1) is 23.3. The summed E-state index contributed by atoms with van der Waals surface area (Å²) >= 11 is 5.25. The maximum atomic E-state index is 11.8. The van der Waals surface area contributed by atoms with Crippen LogP contribution in [-0.4, -0.2) is 46.2 Å². The number of carbonyl (C=O) groups is 2. The lowest BCUT2D eigenvalue weighted by Gasteiger charge is -2.13. The van der Waals surface area contributed by atoms with Gasteiger partial charge in [-0.05, 0) is 54.5 Å². The number of primary sulfonamides is 1. The number of ether oxygens (including phenoxy) is 2. The molecule has 0 saturated heterocycles. The Bertz CT molecular complexity index is 1020. The van der Waals surface area contributed by atoms with Gasteiger partial charge in [-0.2, -0.15) is 0 Å². The van der Waals surface area contributed by atoms with Crippen molar-refractivity contribution in [1.82, 2.24) is 5.32 Å². The molecule has 0 heterocycles. The number of methoxy groups -OCH3 is 2. The molecule has 2 aromatic rings. The Morgan fingerprint density at radius 1 is 1.00 bits per heavy atom. The molecule has 9 nitrogen and oxygen atoms in total. The fraction of sp³-hybridized carbons (Fsp3) is 0.211. The summed E-state index contributed by atoms with van der Waals surface area (Å²) in [7, 11) is -1.25. The second-order valence-electron chi connectivity index (χ2n) is 6.10. The largest absolute Gasteiger partial charge is 0.465 e. The molecule has 2 aromatic carbocycles. The van der Waals surface area contributed by atoms with E-state index < -0.39 is 22.0 Å². The lowest BCUT2D eigenvalue weighted by Crippen LogP contribution is -2.30. The van der Waals surface area contributed by atoms with Gasteiger partial charge in [-0.3, -0.25) is 0 Å². The van der Waals surface area contributed by atoms with Crippen molar-refractivity contribution < 1.29 is 27.5 Å². The predicted octanol–water partition coefficient (Wildman–Crippen LogP) is 1.44. The van der Waals surface area contributed by atoms with E-state index in [1.807, 2.05) is 0 Å². The van der Waals surface area contributed by atoms with Gasteiger partial charge in [0.15, 0.2) is 5.11 Å². The number of nitrogens with two attached hydrogens (primary N) is 1. The smallest absolute Gasteiger partial charge is 0.337 e. The third-order valence-corrected chi connectivity index (χ3v) is 5.16. The Balaban J connectivity index is 2.00. The lowest BCUT2D eigenvalue weighted by atomic mass is 10.1. The van der Waals surface area contributed by atoms with Gasteiger partial charge in [0.25, 0.3) is 0 Å². The normalized spacial score (nSPS) is 10.8. The van der Waals surface area contributed by atoms with Crippen LogP contribution in [0.5, 0.6) is 0 Å². The molecular formula is C19H21N3O6S2. The molecule has 0 aliphatic heterocycles. The number of nitrogens with one attached hydrogen (secondary N) is 2. The van der Waals surface area contributed by atoms with Gasteiger partial charge in [0.05, 0.1) is 30.2 Å². The van der Waals surface area contributed by atoms with Crippen LogP contribution in [0.15, 0.2) is 47.4 Å². The van der Waals surface area contributed by atoms with Gasteiger partial charge in [0.1, 0.15) is 0 Å². The third-order valence-electron chi connectivity index (χ3n) is 3.98. The number of anilines is 1. The first-order chi connectivity index (χ1) is 14.1. The minimum atomic E-state index is -3.72. The molecule has 0 spiro atoms. The Morgan fingerprint density at radius 3 is 2.00 bits per heavy atom. The summed E-state index contributed by atoms with van der Waals surface area (Å²) in [5, 5.41) is 11.2. The molecule has 0 aliphatic rings. The lowest BCUT2D eigenvalue weighted by molar-refractivity contribution is 0.0599. The molecule has 0 bridgehead atoms. The molecule has 0 amide bonds. The van der Waals surface area contributed by atoms with Gasteiger partial charge in [-0.25, -0.2) is 23.1 Å². The molecule has 0 fully saturated rings. The van der Waals surface area contributed by atoms with Crippen molar-refractivity contribution in [2.45, 2.75) is 11.3 Å². The molecule has 4 N–H and O–H groups in total. The summed E-state index contributed by atoms with van der Waals surface area (Å²) in [5.41, 5.74) is 1.63. The number of sulfonamides is 1. The molecule has 2 rings (SSSR count). The van der Waals surface area contributed by atoms with Gasteiger partial charge in [-0.15, -0.1) is 0 Å². The highest BCUT2D eigenvalue weighted by atomic mass is 32.2. The summed E-state index contributed by atoms with van der Waals surface area (Å²) in [6, 6.07) is 10.6. The molecule has 30 heavy (non-hydrogen) atoms. The second kappa shape index (κ2) is 10.1. The Hall–Kier alpha value is -3.02. The van der Waals surface area contributed by atoms with Crippen LogP contribution in [0, 0.1) is 0 Å². The average molecular weight is 452 g/mol. The second-order valence-corrected chi connectivity index (χ2v) is 8.07. The number of hydrogen-bond donors (Lipinski definition) is 3. The van der Waals surface area contributed by atoms with Crippen molar-refractivity contribution in [3.05, 3.63) is 59.2 Å². The Labute approximate surface area is 179 Å².